The highest BCUT2D eigenvalue weighted by atomic mass is 32.2. The van der Waals surface area contributed by atoms with Crippen molar-refractivity contribution in [1.82, 2.24) is 14.5 Å². The molecule has 8 nitrogen and oxygen atoms in total. The van der Waals surface area contributed by atoms with Crippen molar-refractivity contribution < 1.29 is 28.8 Å². The summed E-state index contributed by atoms with van der Waals surface area (Å²) < 4.78 is 34.6. The number of nitrogens with zero attached hydrogens (tertiary/aromatic N) is 3. The summed E-state index contributed by atoms with van der Waals surface area (Å²) in [5, 5.41) is 35.3. The lowest BCUT2D eigenvalue weighted by Gasteiger charge is -2.19. The second-order valence-corrected chi connectivity index (χ2v) is 11.6. The molecule has 4 N–H and O–H groups in total. The molecule has 2 aliphatic carbocycles. The largest absolute Gasteiger partial charge is 0.394 e. The summed E-state index contributed by atoms with van der Waals surface area (Å²) >= 11 is 1.56. The van der Waals surface area contributed by atoms with Crippen molar-refractivity contribution in [3.8, 4) is 0 Å². The van der Waals surface area contributed by atoms with Crippen molar-refractivity contribution >= 4 is 28.6 Å². The third-order valence-electron chi connectivity index (χ3n) is 7.34. The van der Waals surface area contributed by atoms with Crippen LogP contribution in [0.15, 0.2) is 35.6 Å². The lowest BCUT2D eigenvalue weighted by atomic mass is 10.1. The van der Waals surface area contributed by atoms with E-state index in [0.29, 0.717) is 29.0 Å². The number of aliphatic hydroxyl groups excluding tert-OH is 3. The van der Waals surface area contributed by atoms with Gasteiger partial charge in [0.25, 0.3) is 0 Å². The van der Waals surface area contributed by atoms with Gasteiger partial charge in [0, 0.05) is 23.9 Å². The normalized spacial score (nSPS) is 26.9. The minimum Gasteiger partial charge on any atom is -0.394 e. The monoisotopic (exact) mass is 548 g/mol. The van der Waals surface area contributed by atoms with E-state index >= 15 is 0 Å². The molecule has 206 valence electrons. The molecule has 3 aromatic rings. The maximum absolute atomic E-state index is 13.8. The van der Waals surface area contributed by atoms with Gasteiger partial charge in [0.05, 0.1) is 30.7 Å². The molecule has 5 rings (SSSR count). The Labute approximate surface area is 224 Å². The molecule has 6 atom stereocenters. The maximum Gasteiger partial charge on any atom is 0.191 e. The molecule has 0 amide bonds. The molecule has 0 radical (unpaired) electrons. The molecule has 0 aliphatic heterocycles. The van der Waals surface area contributed by atoms with Gasteiger partial charge in [0.2, 0.25) is 0 Å². The van der Waals surface area contributed by atoms with Crippen molar-refractivity contribution in [3.63, 3.8) is 0 Å². The van der Waals surface area contributed by atoms with Crippen LogP contribution in [0.25, 0.3) is 11.0 Å². The van der Waals surface area contributed by atoms with Crippen molar-refractivity contribution in [1.29, 1.82) is 0 Å². The molecule has 38 heavy (non-hydrogen) atoms. The number of aliphatic hydroxyl groups is 3. The van der Waals surface area contributed by atoms with E-state index < -0.39 is 36.0 Å². The van der Waals surface area contributed by atoms with E-state index in [2.05, 4.69) is 19.2 Å². The van der Waals surface area contributed by atoms with E-state index in [4.69, 9.17) is 19.8 Å². The van der Waals surface area contributed by atoms with Gasteiger partial charge in [-0.3, -0.25) is 0 Å². The Morgan fingerprint density at radius 1 is 1.13 bits per heavy atom. The number of ether oxygens (including phenoxy) is 1. The molecule has 2 saturated carbocycles. The molecule has 0 spiro atoms. The van der Waals surface area contributed by atoms with Gasteiger partial charge in [-0.1, -0.05) is 31.7 Å². The minimum absolute atomic E-state index is 0.0185. The Bertz CT molecular complexity index is 1280. The van der Waals surface area contributed by atoms with E-state index in [1.165, 1.54) is 6.07 Å². The van der Waals surface area contributed by atoms with Crippen LogP contribution in [-0.4, -0.2) is 73.2 Å². The molecule has 1 aromatic carbocycles. The zero-order valence-electron chi connectivity index (χ0n) is 21.4. The molecule has 2 heterocycles. The molecule has 0 saturated heterocycles. The van der Waals surface area contributed by atoms with Crippen LogP contribution in [0.3, 0.4) is 0 Å². The highest BCUT2D eigenvalue weighted by Crippen LogP contribution is 2.44. The number of fused-ring (bicyclic) bond motifs is 1. The molecule has 11 heteroatoms. The van der Waals surface area contributed by atoms with Gasteiger partial charge in [0.15, 0.2) is 16.8 Å². The summed E-state index contributed by atoms with van der Waals surface area (Å²) in [4.78, 5) is 9.62. The summed E-state index contributed by atoms with van der Waals surface area (Å²) in [6.45, 7) is 4.25. The van der Waals surface area contributed by atoms with Gasteiger partial charge in [-0.15, -0.1) is 0 Å². The average Bonchev–Trinajstić information content (AvgIpc) is 3.43. The van der Waals surface area contributed by atoms with E-state index in [9.17, 15) is 19.0 Å². The Morgan fingerprint density at radius 3 is 2.68 bits per heavy atom. The number of thioether (sulfide) groups is 1. The van der Waals surface area contributed by atoms with Gasteiger partial charge in [0.1, 0.15) is 23.7 Å². The summed E-state index contributed by atoms with van der Waals surface area (Å²) in [7, 11) is 0. The van der Waals surface area contributed by atoms with Crippen LogP contribution in [0, 0.1) is 17.6 Å². The zero-order valence-corrected chi connectivity index (χ0v) is 22.2. The van der Waals surface area contributed by atoms with Crippen LogP contribution in [0.5, 0.6) is 0 Å². The molecule has 2 aromatic heterocycles. The third-order valence-corrected chi connectivity index (χ3v) is 8.22. The fourth-order valence-corrected chi connectivity index (χ4v) is 6.17. The van der Waals surface area contributed by atoms with Crippen LogP contribution in [0.4, 0.5) is 14.6 Å². The number of benzene rings is 1. The van der Waals surface area contributed by atoms with Gasteiger partial charge in [-0.2, -0.15) is 0 Å². The third kappa shape index (κ3) is 5.67. The molecule has 0 bridgehead atoms. The first-order valence-electron chi connectivity index (χ1n) is 13.1. The SMILES string of the molecule is CC(C)CCSc1nc(N[C@@H]2C[C@H]2c2ccc(F)c(F)c2)c2ccn([C@@H]3C[C@H](OCCO)[C@@H](O)[C@H]3O)c2n1. The fourth-order valence-electron chi connectivity index (χ4n) is 5.10. The number of hydrogen-bond donors (Lipinski definition) is 4. The Balaban J connectivity index is 1.42. The van der Waals surface area contributed by atoms with E-state index in [1.54, 1.807) is 17.8 Å². The summed E-state index contributed by atoms with van der Waals surface area (Å²) in [5.74, 6) is 0.386. The Hall–Kier alpha value is -2.31. The minimum atomic E-state index is -1.08. The predicted octanol–water partition coefficient (Wildman–Crippen LogP) is 3.86. The van der Waals surface area contributed by atoms with Gasteiger partial charge < -0.3 is 29.9 Å². The molecular weight excluding hydrogens is 514 g/mol. The summed E-state index contributed by atoms with van der Waals surface area (Å²) in [6, 6.07) is 5.47. The average molecular weight is 549 g/mol. The number of rotatable bonds is 11. The molecule has 0 unspecified atom stereocenters. The van der Waals surface area contributed by atoms with Gasteiger partial charge in [-0.25, -0.2) is 18.7 Å². The standard InChI is InChI=1S/C27H34F2N4O4S/c1-14(2)6-10-38-27-31-25(30-20-12-17(20)15-3-4-18(28)19(29)11-15)16-5-7-33(26(16)32-27)21-13-22(37-9-8-34)24(36)23(21)35/h3-5,7,11,14,17,20-24,34-36H,6,8-10,12-13H2,1-2H3,(H,30,31,32)/t17-,20+,21+,22-,23-,24+/m0/s1. The van der Waals surface area contributed by atoms with Crippen molar-refractivity contribution in [2.75, 3.05) is 24.3 Å². The lowest BCUT2D eigenvalue weighted by molar-refractivity contribution is -0.0627. The number of nitrogens with one attached hydrogen (secondary N) is 1. The van der Waals surface area contributed by atoms with Crippen LogP contribution in [-0.2, 0) is 4.74 Å². The van der Waals surface area contributed by atoms with Gasteiger partial charge >= 0.3 is 0 Å². The first kappa shape index (κ1) is 27.3. The highest BCUT2D eigenvalue weighted by molar-refractivity contribution is 7.99. The number of halogens is 2. The number of hydrogen-bond acceptors (Lipinski definition) is 8. The van der Waals surface area contributed by atoms with E-state index in [1.807, 2.05) is 16.8 Å². The fraction of sp³-hybridized carbons (Fsp3) is 0.556. The zero-order chi connectivity index (χ0) is 27.0. The molecule has 2 aliphatic rings. The van der Waals surface area contributed by atoms with Crippen molar-refractivity contribution in [2.45, 2.75) is 74.6 Å². The smallest absolute Gasteiger partial charge is 0.191 e. The Morgan fingerprint density at radius 2 is 1.95 bits per heavy atom. The first-order chi connectivity index (χ1) is 18.3. The van der Waals surface area contributed by atoms with E-state index in [-0.39, 0.29) is 25.2 Å². The highest BCUT2D eigenvalue weighted by Gasteiger charge is 2.44. The second-order valence-electron chi connectivity index (χ2n) is 10.5. The van der Waals surface area contributed by atoms with Crippen molar-refractivity contribution in [3.05, 3.63) is 47.7 Å². The van der Waals surface area contributed by atoms with E-state index in [0.717, 1.165) is 35.6 Å². The molecular formula is C27H34F2N4O4S. The summed E-state index contributed by atoms with van der Waals surface area (Å²) in [6.07, 6.45) is 1.25. The number of aromatic nitrogens is 3. The first-order valence-corrected chi connectivity index (χ1v) is 14.1. The maximum atomic E-state index is 13.8. The lowest BCUT2D eigenvalue weighted by Crippen LogP contribution is -2.33. The summed E-state index contributed by atoms with van der Waals surface area (Å²) in [5.41, 5.74) is 1.38. The quantitative estimate of drug-likeness (QED) is 0.211. The second kappa shape index (κ2) is 11.4. The molecule has 2 fully saturated rings. The number of anilines is 1. The van der Waals surface area contributed by atoms with Crippen LogP contribution in [0.2, 0.25) is 0 Å². The predicted molar refractivity (Wildman–Crippen MR) is 141 cm³/mol. The van der Waals surface area contributed by atoms with Gasteiger partial charge in [-0.05, 0) is 48.9 Å². The van der Waals surface area contributed by atoms with Crippen molar-refractivity contribution in [2.24, 2.45) is 5.92 Å². The Kier molecular flexibility index (Phi) is 8.20. The topological polar surface area (TPSA) is 113 Å². The van der Waals surface area contributed by atoms with Crippen LogP contribution in [0.1, 0.15) is 50.6 Å². The van der Waals surface area contributed by atoms with Crippen LogP contribution >= 0.6 is 11.8 Å². The van der Waals surface area contributed by atoms with Crippen LogP contribution < -0.4 is 5.32 Å².